The highest BCUT2D eigenvalue weighted by Crippen LogP contribution is 2.20. The van der Waals surface area contributed by atoms with Crippen LogP contribution in [0.2, 0.25) is 0 Å². The van der Waals surface area contributed by atoms with E-state index in [1.807, 2.05) is 56.3 Å². The average molecular weight is 384 g/mol. The first-order valence-electron chi connectivity index (χ1n) is 7.93. The van der Waals surface area contributed by atoms with Crippen LogP contribution in [0.15, 0.2) is 42.5 Å². The third kappa shape index (κ3) is 5.43. The average Bonchev–Trinajstić information content (AvgIpc) is 2.55. The summed E-state index contributed by atoms with van der Waals surface area (Å²) in [6.45, 7) is 8.33. The number of nitrogens with one attached hydrogen (secondary N) is 1. The number of amides is 1. The quantitative estimate of drug-likeness (QED) is 0.819. The third-order valence-electron chi connectivity index (χ3n) is 4.50. The lowest BCUT2D eigenvalue weighted by Gasteiger charge is -2.33. The predicted octanol–water partition coefficient (Wildman–Crippen LogP) is 4.00. The number of nitrogens with zero attached hydrogens (tertiary/aromatic N) is 1. The van der Waals surface area contributed by atoms with E-state index in [1.165, 1.54) is 0 Å². The molecule has 1 heterocycles. The van der Waals surface area contributed by atoms with Crippen LogP contribution in [0.5, 0.6) is 0 Å². The van der Waals surface area contributed by atoms with E-state index in [4.69, 9.17) is 5.73 Å². The van der Waals surface area contributed by atoms with Gasteiger partial charge in [-0.15, -0.1) is 24.8 Å². The van der Waals surface area contributed by atoms with E-state index >= 15 is 0 Å². The Morgan fingerprint density at radius 1 is 1.16 bits per heavy atom. The van der Waals surface area contributed by atoms with E-state index in [0.29, 0.717) is 17.8 Å². The molecule has 0 aliphatic heterocycles. The first-order chi connectivity index (χ1) is 10.9. The van der Waals surface area contributed by atoms with Crippen molar-refractivity contribution in [3.63, 3.8) is 0 Å². The number of aryl methyl sites for hydroxylation is 1. The zero-order chi connectivity index (χ0) is 17.0. The summed E-state index contributed by atoms with van der Waals surface area (Å²) in [6, 6.07) is 13.6. The molecule has 138 valence electrons. The number of halogens is 2. The van der Waals surface area contributed by atoms with Crippen LogP contribution in [-0.2, 0) is 0 Å². The first-order valence-corrected chi connectivity index (χ1v) is 7.93. The largest absolute Gasteiger partial charge is 0.345 e. The number of nitrogens with two attached hydrogens (primary N) is 1. The van der Waals surface area contributed by atoms with E-state index < -0.39 is 5.54 Å². The molecule has 1 aromatic carbocycles. The van der Waals surface area contributed by atoms with Gasteiger partial charge in [-0.2, -0.15) is 0 Å². The van der Waals surface area contributed by atoms with Crippen LogP contribution in [0.25, 0.3) is 11.3 Å². The van der Waals surface area contributed by atoms with Gasteiger partial charge in [0, 0.05) is 12.1 Å². The lowest BCUT2D eigenvalue weighted by atomic mass is 9.88. The number of rotatable bonds is 5. The van der Waals surface area contributed by atoms with Gasteiger partial charge in [0.25, 0.3) is 5.91 Å². The molecule has 2 rings (SSSR count). The van der Waals surface area contributed by atoms with Gasteiger partial charge >= 0.3 is 0 Å². The van der Waals surface area contributed by atoms with Crippen molar-refractivity contribution in [2.75, 3.05) is 6.54 Å². The van der Waals surface area contributed by atoms with E-state index in [9.17, 15) is 4.79 Å². The van der Waals surface area contributed by atoms with Gasteiger partial charge < -0.3 is 11.1 Å². The summed E-state index contributed by atoms with van der Waals surface area (Å²) in [6.07, 6.45) is 0. The SMILES string of the molecule is Cc1nc(-c2ccccc2)ccc1C(=O)NC(C)(CN)C(C)C.Cl.Cl. The Morgan fingerprint density at radius 3 is 2.24 bits per heavy atom. The van der Waals surface area contributed by atoms with Crippen molar-refractivity contribution in [1.82, 2.24) is 10.3 Å². The maximum absolute atomic E-state index is 12.6. The zero-order valence-electron chi connectivity index (χ0n) is 15.1. The van der Waals surface area contributed by atoms with Crippen molar-refractivity contribution in [2.24, 2.45) is 11.7 Å². The number of pyridine rings is 1. The Hall–Kier alpha value is -1.62. The highest BCUT2D eigenvalue weighted by atomic mass is 35.5. The number of aromatic nitrogens is 1. The van der Waals surface area contributed by atoms with Gasteiger partial charge in [-0.25, -0.2) is 0 Å². The summed E-state index contributed by atoms with van der Waals surface area (Å²) < 4.78 is 0. The summed E-state index contributed by atoms with van der Waals surface area (Å²) >= 11 is 0. The Bertz CT molecular complexity index is 692. The van der Waals surface area contributed by atoms with Crippen molar-refractivity contribution in [3.8, 4) is 11.3 Å². The smallest absolute Gasteiger partial charge is 0.253 e. The maximum atomic E-state index is 12.6. The first kappa shape index (κ1) is 23.4. The Kier molecular flexibility index (Phi) is 9.12. The molecule has 25 heavy (non-hydrogen) atoms. The maximum Gasteiger partial charge on any atom is 0.253 e. The van der Waals surface area contributed by atoms with Crippen molar-refractivity contribution >= 4 is 30.7 Å². The minimum atomic E-state index is -0.429. The molecule has 0 aliphatic rings. The minimum absolute atomic E-state index is 0. The standard InChI is InChI=1S/C19H25N3O.2ClH/c1-13(2)19(4,12-20)22-18(23)16-10-11-17(21-14(16)3)15-8-6-5-7-9-15;;/h5-11,13H,12,20H2,1-4H3,(H,22,23);2*1H. The zero-order valence-corrected chi connectivity index (χ0v) is 16.7. The van der Waals surface area contributed by atoms with E-state index in [0.717, 1.165) is 11.3 Å². The fraction of sp³-hybridized carbons (Fsp3) is 0.368. The van der Waals surface area contributed by atoms with Crippen molar-refractivity contribution in [2.45, 2.75) is 33.2 Å². The summed E-state index contributed by atoms with van der Waals surface area (Å²) in [4.78, 5) is 17.2. The fourth-order valence-electron chi connectivity index (χ4n) is 2.33. The molecule has 0 aliphatic carbocycles. The second kappa shape index (κ2) is 9.76. The third-order valence-corrected chi connectivity index (χ3v) is 4.50. The molecule has 1 amide bonds. The molecule has 1 unspecified atom stereocenters. The molecule has 0 saturated carbocycles. The molecule has 0 saturated heterocycles. The molecule has 4 nitrogen and oxygen atoms in total. The van der Waals surface area contributed by atoms with Crippen LogP contribution in [0.3, 0.4) is 0 Å². The molecule has 0 radical (unpaired) electrons. The van der Waals surface area contributed by atoms with Crippen LogP contribution >= 0.6 is 24.8 Å². The van der Waals surface area contributed by atoms with Gasteiger partial charge in [-0.1, -0.05) is 44.2 Å². The number of benzene rings is 1. The predicted molar refractivity (Wildman–Crippen MR) is 109 cm³/mol. The van der Waals surface area contributed by atoms with Crippen LogP contribution in [0.4, 0.5) is 0 Å². The van der Waals surface area contributed by atoms with Crippen LogP contribution in [-0.4, -0.2) is 23.0 Å². The lowest BCUT2D eigenvalue weighted by Crippen LogP contribution is -2.55. The second-order valence-electron chi connectivity index (χ2n) is 6.43. The topological polar surface area (TPSA) is 68.0 Å². The van der Waals surface area contributed by atoms with Gasteiger partial charge in [0.2, 0.25) is 0 Å². The Morgan fingerprint density at radius 2 is 1.76 bits per heavy atom. The van der Waals surface area contributed by atoms with Crippen molar-refractivity contribution < 1.29 is 4.79 Å². The van der Waals surface area contributed by atoms with E-state index in [1.54, 1.807) is 0 Å². The molecule has 0 fully saturated rings. The summed E-state index contributed by atoms with van der Waals surface area (Å²) in [5.41, 5.74) is 8.62. The van der Waals surface area contributed by atoms with E-state index in [-0.39, 0.29) is 36.6 Å². The highest BCUT2D eigenvalue weighted by Gasteiger charge is 2.29. The van der Waals surface area contributed by atoms with Gasteiger partial charge in [-0.3, -0.25) is 9.78 Å². The highest BCUT2D eigenvalue weighted by molar-refractivity contribution is 5.96. The molecule has 1 aromatic heterocycles. The molecule has 3 N–H and O–H groups in total. The number of hydrogen-bond donors (Lipinski definition) is 2. The van der Waals surface area contributed by atoms with Crippen LogP contribution < -0.4 is 11.1 Å². The molecule has 2 aromatic rings. The molecule has 1 atom stereocenters. The van der Waals surface area contributed by atoms with Crippen molar-refractivity contribution in [3.05, 3.63) is 53.7 Å². The lowest BCUT2D eigenvalue weighted by molar-refractivity contribution is 0.0882. The summed E-state index contributed by atoms with van der Waals surface area (Å²) in [7, 11) is 0. The number of hydrogen-bond acceptors (Lipinski definition) is 3. The van der Waals surface area contributed by atoms with Gasteiger partial charge in [-0.05, 0) is 31.9 Å². The summed E-state index contributed by atoms with van der Waals surface area (Å²) in [5, 5.41) is 3.05. The van der Waals surface area contributed by atoms with Gasteiger partial charge in [0.1, 0.15) is 0 Å². The van der Waals surface area contributed by atoms with Crippen LogP contribution in [0.1, 0.15) is 36.8 Å². The monoisotopic (exact) mass is 383 g/mol. The molecule has 0 bridgehead atoms. The fourth-order valence-corrected chi connectivity index (χ4v) is 2.33. The second-order valence-corrected chi connectivity index (χ2v) is 6.43. The molecule has 0 spiro atoms. The Balaban J connectivity index is 0.00000288. The minimum Gasteiger partial charge on any atom is -0.345 e. The normalized spacial score (nSPS) is 12.6. The van der Waals surface area contributed by atoms with Gasteiger partial charge in [0.15, 0.2) is 0 Å². The Labute approximate surface area is 162 Å². The van der Waals surface area contributed by atoms with Crippen LogP contribution in [0, 0.1) is 12.8 Å². The molecular formula is C19H27Cl2N3O. The van der Waals surface area contributed by atoms with Crippen molar-refractivity contribution in [1.29, 1.82) is 0 Å². The molecule has 6 heteroatoms. The number of carbonyl (C=O) groups excluding carboxylic acids is 1. The number of carbonyl (C=O) groups is 1. The molecular weight excluding hydrogens is 357 g/mol. The van der Waals surface area contributed by atoms with E-state index in [2.05, 4.69) is 24.1 Å². The van der Waals surface area contributed by atoms with Gasteiger partial charge in [0.05, 0.1) is 22.5 Å². The summed E-state index contributed by atoms with van der Waals surface area (Å²) in [5.74, 6) is 0.115.